The summed E-state index contributed by atoms with van der Waals surface area (Å²) in [5.74, 6) is 0.0374. The molecule has 0 aromatic carbocycles. The fourth-order valence-corrected chi connectivity index (χ4v) is 4.19. The van der Waals surface area contributed by atoms with E-state index in [4.69, 9.17) is 0 Å². The van der Waals surface area contributed by atoms with Gasteiger partial charge in [0.2, 0.25) is 0 Å². The van der Waals surface area contributed by atoms with Gasteiger partial charge in [-0.3, -0.25) is 4.79 Å². The molecule has 0 saturated carbocycles. The summed E-state index contributed by atoms with van der Waals surface area (Å²) < 4.78 is 1.95. The molecule has 1 saturated heterocycles. The average molecular weight is 359 g/mol. The van der Waals surface area contributed by atoms with E-state index in [1.165, 1.54) is 11.3 Å². The van der Waals surface area contributed by atoms with Crippen molar-refractivity contribution in [2.45, 2.75) is 25.8 Å². The van der Waals surface area contributed by atoms with Crippen LogP contribution in [-0.2, 0) is 0 Å². The third-order valence-corrected chi connectivity index (χ3v) is 5.75. The number of piperidine rings is 1. The first-order valence-corrected chi connectivity index (χ1v) is 9.69. The van der Waals surface area contributed by atoms with Crippen LogP contribution in [0.5, 0.6) is 0 Å². The maximum atomic E-state index is 12.5. The Kier molecular flexibility index (Phi) is 4.15. The lowest BCUT2D eigenvalue weighted by Gasteiger charge is -2.31. The van der Waals surface area contributed by atoms with Gasteiger partial charge in [-0.1, -0.05) is 5.21 Å². The summed E-state index contributed by atoms with van der Waals surface area (Å²) in [5.41, 5.74) is 2.59. The Labute approximate surface area is 147 Å². The SMILES string of the molecule is Cc1nc(C(=O)N2CCC(n3cc(-c4ccsc4)nn3)CC2)cs1. The largest absolute Gasteiger partial charge is 0.337 e. The normalized spacial score (nSPS) is 15.8. The topological polar surface area (TPSA) is 63.9 Å². The summed E-state index contributed by atoms with van der Waals surface area (Å²) >= 11 is 3.17. The van der Waals surface area contributed by atoms with Crippen molar-refractivity contribution in [3.05, 3.63) is 39.1 Å². The highest BCUT2D eigenvalue weighted by molar-refractivity contribution is 7.09. The van der Waals surface area contributed by atoms with E-state index in [9.17, 15) is 4.79 Å². The van der Waals surface area contributed by atoms with E-state index in [0.29, 0.717) is 11.7 Å². The van der Waals surface area contributed by atoms with Crippen LogP contribution >= 0.6 is 22.7 Å². The molecule has 0 atom stereocenters. The first kappa shape index (κ1) is 15.5. The molecule has 124 valence electrons. The van der Waals surface area contributed by atoms with Crippen molar-refractivity contribution in [1.82, 2.24) is 24.9 Å². The number of hydrogen-bond donors (Lipinski definition) is 0. The van der Waals surface area contributed by atoms with E-state index in [2.05, 4.69) is 26.7 Å². The standard InChI is InChI=1S/C16H17N5OS2/c1-11-17-15(10-24-11)16(22)20-5-2-13(3-6-20)21-8-14(18-19-21)12-4-7-23-9-12/h4,7-10,13H,2-3,5-6H2,1H3. The van der Waals surface area contributed by atoms with Crippen molar-refractivity contribution in [3.8, 4) is 11.3 Å². The predicted molar refractivity (Wildman–Crippen MR) is 94.4 cm³/mol. The zero-order valence-electron chi connectivity index (χ0n) is 13.3. The third-order valence-electron chi connectivity index (χ3n) is 4.29. The second kappa shape index (κ2) is 6.45. The minimum Gasteiger partial charge on any atom is -0.337 e. The molecule has 0 N–H and O–H groups in total. The number of aryl methyl sites for hydroxylation is 1. The summed E-state index contributed by atoms with van der Waals surface area (Å²) in [6, 6.07) is 2.35. The van der Waals surface area contributed by atoms with Gasteiger partial charge in [0, 0.05) is 29.4 Å². The lowest BCUT2D eigenvalue weighted by atomic mass is 10.0. The monoisotopic (exact) mass is 359 g/mol. The minimum atomic E-state index is 0.0374. The van der Waals surface area contributed by atoms with Crippen LogP contribution in [0.15, 0.2) is 28.4 Å². The van der Waals surface area contributed by atoms with Crippen LogP contribution < -0.4 is 0 Å². The molecule has 0 aliphatic carbocycles. The van der Waals surface area contributed by atoms with Gasteiger partial charge < -0.3 is 4.90 Å². The Morgan fingerprint density at radius 2 is 2.12 bits per heavy atom. The van der Waals surface area contributed by atoms with Crippen molar-refractivity contribution >= 4 is 28.6 Å². The molecule has 8 heteroatoms. The van der Waals surface area contributed by atoms with Gasteiger partial charge in [-0.05, 0) is 31.2 Å². The highest BCUT2D eigenvalue weighted by atomic mass is 32.1. The maximum absolute atomic E-state index is 12.5. The summed E-state index contributed by atoms with van der Waals surface area (Å²) in [7, 11) is 0. The molecule has 0 radical (unpaired) electrons. The second-order valence-electron chi connectivity index (χ2n) is 5.87. The van der Waals surface area contributed by atoms with Crippen molar-refractivity contribution in [3.63, 3.8) is 0 Å². The van der Waals surface area contributed by atoms with Crippen molar-refractivity contribution in [2.75, 3.05) is 13.1 Å². The second-order valence-corrected chi connectivity index (χ2v) is 7.71. The molecular weight excluding hydrogens is 342 g/mol. The van der Waals surface area contributed by atoms with Gasteiger partial charge in [0.25, 0.3) is 5.91 Å². The molecule has 1 aliphatic rings. The molecule has 0 unspecified atom stereocenters. The van der Waals surface area contributed by atoms with Gasteiger partial charge in [-0.15, -0.1) is 16.4 Å². The van der Waals surface area contributed by atoms with Crippen LogP contribution in [0.4, 0.5) is 0 Å². The molecule has 3 aromatic heterocycles. The van der Waals surface area contributed by atoms with Gasteiger partial charge in [-0.2, -0.15) is 11.3 Å². The van der Waals surface area contributed by atoms with Crippen LogP contribution in [0, 0.1) is 6.92 Å². The fraction of sp³-hybridized carbons (Fsp3) is 0.375. The van der Waals surface area contributed by atoms with E-state index >= 15 is 0 Å². The zero-order chi connectivity index (χ0) is 16.5. The number of aromatic nitrogens is 4. The van der Waals surface area contributed by atoms with Crippen molar-refractivity contribution in [1.29, 1.82) is 0 Å². The summed E-state index contributed by atoms with van der Waals surface area (Å²) in [5, 5.41) is 15.4. The Bertz CT molecular complexity index is 830. The number of nitrogens with zero attached hydrogens (tertiary/aromatic N) is 5. The van der Waals surface area contributed by atoms with E-state index in [1.807, 2.05) is 33.5 Å². The van der Waals surface area contributed by atoms with Crippen LogP contribution in [0.25, 0.3) is 11.3 Å². The van der Waals surface area contributed by atoms with Gasteiger partial charge in [0.1, 0.15) is 11.4 Å². The zero-order valence-corrected chi connectivity index (χ0v) is 14.9. The molecular formula is C16H17N5OS2. The molecule has 1 fully saturated rings. The molecule has 4 rings (SSSR count). The van der Waals surface area contributed by atoms with Crippen molar-refractivity contribution in [2.24, 2.45) is 0 Å². The van der Waals surface area contributed by atoms with Gasteiger partial charge >= 0.3 is 0 Å². The van der Waals surface area contributed by atoms with E-state index < -0.39 is 0 Å². The summed E-state index contributed by atoms with van der Waals surface area (Å²) in [4.78, 5) is 18.6. The molecule has 4 heterocycles. The Morgan fingerprint density at radius 3 is 2.79 bits per heavy atom. The Morgan fingerprint density at radius 1 is 1.29 bits per heavy atom. The number of carbonyl (C=O) groups is 1. The molecule has 1 amide bonds. The molecule has 1 aliphatic heterocycles. The first-order valence-electron chi connectivity index (χ1n) is 7.86. The lowest BCUT2D eigenvalue weighted by molar-refractivity contribution is 0.0684. The number of amides is 1. The number of hydrogen-bond acceptors (Lipinski definition) is 6. The molecule has 3 aromatic rings. The summed E-state index contributed by atoms with van der Waals surface area (Å²) in [6.07, 6.45) is 3.79. The lowest BCUT2D eigenvalue weighted by Crippen LogP contribution is -2.39. The third kappa shape index (κ3) is 2.99. The number of likely N-dealkylation sites (tertiary alicyclic amines) is 1. The number of thiazole rings is 1. The predicted octanol–water partition coefficient (Wildman–Crippen LogP) is 3.25. The first-order chi connectivity index (χ1) is 11.7. The van der Waals surface area contributed by atoms with E-state index in [-0.39, 0.29) is 5.91 Å². The summed E-state index contributed by atoms with van der Waals surface area (Å²) in [6.45, 7) is 3.38. The van der Waals surface area contributed by atoms with Crippen LogP contribution in [0.1, 0.15) is 34.4 Å². The fourth-order valence-electron chi connectivity index (χ4n) is 2.95. The number of carbonyl (C=O) groups excluding carboxylic acids is 1. The molecule has 0 spiro atoms. The molecule has 0 bridgehead atoms. The van der Waals surface area contributed by atoms with Crippen LogP contribution in [-0.4, -0.2) is 43.9 Å². The Hall–Kier alpha value is -2.06. The van der Waals surface area contributed by atoms with E-state index in [1.54, 1.807) is 11.3 Å². The van der Waals surface area contributed by atoms with Gasteiger partial charge in [0.05, 0.1) is 17.2 Å². The van der Waals surface area contributed by atoms with Crippen LogP contribution in [0.2, 0.25) is 0 Å². The minimum absolute atomic E-state index is 0.0374. The average Bonchev–Trinajstić information content (AvgIpc) is 3.35. The maximum Gasteiger partial charge on any atom is 0.273 e. The van der Waals surface area contributed by atoms with Gasteiger partial charge in [-0.25, -0.2) is 9.67 Å². The quantitative estimate of drug-likeness (QED) is 0.720. The Balaban J connectivity index is 1.40. The highest BCUT2D eigenvalue weighted by Gasteiger charge is 2.26. The van der Waals surface area contributed by atoms with Crippen LogP contribution in [0.3, 0.4) is 0 Å². The van der Waals surface area contributed by atoms with E-state index in [0.717, 1.165) is 42.2 Å². The molecule has 6 nitrogen and oxygen atoms in total. The number of rotatable bonds is 3. The molecule has 24 heavy (non-hydrogen) atoms. The van der Waals surface area contributed by atoms with Gasteiger partial charge in [0.15, 0.2) is 0 Å². The number of thiophene rings is 1. The van der Waals surface area contributed by atoms with Crippen molar-refractivity contribution < 1.29 is 4.79 Å². The smallest absolute Gasteiger partial charge is 0.273 e. The highest BCUT2D eigenvalue weighted by Crippen LogP contribution is 2.26.